The van der Waals surface area contributed by atoms with E-state index >= 15 is 0 Å². The van der Waals surface area contributed by atoms with Crippen molar-refractivity contribution in [3.05, 3.63) is 65.2 Å². The van der Waals surface area contributed by atoms with E-state index in [1.807, 2.05) is 12.1 Å². The van der Waals surface area contributed by atoms with Crippen LogP contribution in [0.5, 0.6) is 5.75 Å². The van der Waals surface area contributed by atoms with E-state index in [-0.39, 0.29) is 17.5 Å². The molecule has 168 valence electrons. The average Bonchev–Trinajstić information content (AvgIpc) is 3.07. The highest BCUT2D eigenvalue weighted by atomic mass is 16.5. The molecule has 1 aliphatic heterocycles. The van der Waals surface area contributed by atoms with Gasteiger partial charge in [-0.1, -0.05) is 76.9 Å². The van der Waals surface area contributed by atoms with Crippen LogP contribution in [0.4, 0.5) is 0 Å². The van der Waals surface area contributed by atoms with Crippen LogP contribution in [0.1, 0.15) is 69.8 Å². The first kappa shape index (κ1) is 23.3. The molecule has 2 aromatic rings. The lowest BCUT2D eigenvalue weighted by Gasteiger charge is -2.31. The molecule has 0 N–H and O–H groups in total. The Hall–Kier alpha value is -2.33. The number of ether oxygens (including phenoxy) is 1. The van der Waals surface area contributed by atoms with Crippen molar-refractivity contribution in [2.24, 2.45) is 0 Å². The summed E-state index contributed by atoms with van der Waals surface area (Å²) < 4.78 is 5.26. The van der Waals surface area contributed by atoms with Gasteiger partial charge in [-0.3, -0.25) is 9.69 Å². The lowest BCUT2D eigenvalue weighted by Crippen LogP contribution is -2.34. The molecule has 2 aromatic carbocycles. The lowest BCUT2D eigenvalue weighted by atomic mass is 9.86. The maximum atomic E-state index is 13.0. The van der Waals surface area contributed by atoms with Crippen molar-refractivity contribution < 1.29 is 9.53 Å². The molecule has 1 heterocycles. The van der Waals surface area contributed by atoms with Crippen molar-refractivity contribution in [2.45, 2.75) is 65.0 Å². The number of unbranched alkanes of at least 4 members (excludes halogenated alkanes) is 2. The minimum absolute atomic E-state index is 0.0247. The molecule has 4 nitrogen and oxygen atoms in total. The van der Waals surface area contributed by atoms with Crippen molar-refractivity contribution >= 4 is 5.91 Å². The van der Waals surface area contributed by atoms with Crippen molar-refractivity contribution in [2.75, 3.05) is 26.7 Å². The molecule has 4 heteroatoms. The smallest absolute Gasteiger partial charge is 0.238 e. The van der Waals surface area contributed by atoms with Gasteiger partial charge in [-0.15, -0.1) is 0 Å². The Kier molecular flexibility index (Phi) is 7.77. The standard InChI is InChI=1S/C27H38N2O2/c1-6-7-8-18-28-20-25(30)29(19-17-21-9-15-24(31-5)16-10-21)26(28)22-11-13-23(14-12-22)27(2,3)4/h9-16,26H,6-8,17-20H2,1-5H3. The van der Waals surface area contributed by atoms with Gasteiger partial charge in [0.2, 0.25) is 5.91 Å². The number of carbonyl (C=O) groups excluding carboxylic acids is 1. The van der Waals surface area contributed by atoms with Gasteiger partial charge in [0, 0.05) is 13.1 Å². The van der Waals surface area contributed by atoms with Crippen LogP contribution in [0.15, 0.2) is 48.5 Å². The highest BCUT2D eigenvalue weighted by molar-refractivity contribution is 5.81. The van der Waals surface area contributed by atoms with Gasteiger partial charge in [0.1, 0.15) is 11.9 Å². The molecule has 1 unspecified atom stereocenters. The van der Waals surface area contributed by atoms with E-state index in [9.17, 15) is 4.79 Å². The number of rotatable bonds is 9. The first-order valence-corrected chi connectivity index (χ1v) is 11.6. The summed E-state index contributed by atoms with van der Waals surface area (Å²) in [5.41, 5.74) is 3.88. The zero-order valence-corrected chi connectivity index (χ0v) is 19.9. The van der Waals surface area contributed by atoms with Gasteiger partial charge in [-0.25, -0.2) is 0 Å². The number of carbonyl (C=O) groups is 1. The Bertz CT molecular complexity index is 837. The van der Waals surface area contributed by atoms with Gasteiger partial charge < -0.3 is 9.64 Å². The van der Waals surface area contributed by atoms with Crippen LogP contribution in [-0.2, 0) is 16.6 Å². The third-order valence-corrected chi connectivity index (χ3v) is 6.22. The SMILES string of the molecule is CCCCCN1CC(=O)N(CCc2ccc(OC)cc2)C1c1ccc(C(C)(C)C)cc1. The van der Waals surface area contributed by atoms with Crippen LogP contribution in [0.3, 0.4) is 0 Å². The van der Waals surface area contributed by atoms with Crippen LogP contribution in [0.25, 0.3) is 0 Å². The second kappa shape index (κ2) is 10.3. The summed E-state index contributed by atoms with van der Waals surface area (Å²) in [6, 6.07) is 17.0. The predicted molar refractivity (Wildman–Crippen MR) is 127 cm³/mol. The molecule has 1 aliphatic rings. The molecule has 0 aliphatic carbocycles. The number of hydrogen-bond donors (Lipinski definition) is 0. The molecule has 1 amide bonds. The van der Waals surface area contributed by atoms with Crippen LogP contribution in [0.2, 0.25) is 0 Å². The zero-order valence-electron chi connectivity index (χ0n) is 19.9. The molecule has 0 bridgehead atoms. The molecule has 0 aromatic heterocycles. The number of hydrogen-bond acceptors (Lipinski definition) is 3. The van der Waals surface area contributed by atoms with Crippen LogP contribution < -0.4 is 4.74 Å². The maximum Gasteiger partial charge on any atom is 0.238 e. The quantitative estimate of drug-likeness (QED) is 0.495. The van der Waals surface area contributed by atoms with Gasteiger partial charge in [-0.05, 0) is 47.1 Å². The van der Waals surface area contributed by atoms with E-state index in [0.717, 1.165) is 31.7 Å². The molecule has 0 spiro atoms. The minimum Gasteiger partial charge on any atom is -0.497 e. The number of methoxy groups -OCH3 is 1. The fourth-order valence-corrected chi connectivity index (χ4v) is 4.29. The molecule has 31 heavy (non-hydrogen) atoms. The largest absolute Gasteiger partial charge is 0.497 e. The first-order valence-electron chi connectivity index (χ1n) is 11.6. The van der Waals surface area contributed by atoms with Crippen molar-refractivity contribution in [3.63, 3.8) is 0 Å². The number of nitrogens with zero attached hydrogens (tertiary/aromatic N) is 2. The van der Waals surface area contributed by atoms with Gasteiger partial charge in [0.25, 0.3) is 0 Å². The summed E-state index contributed by atoms with van der Waals surface area (Å²) in [5.74, 6) is 1.09. The summed E-state index contributed by atoms with van der Waals surface area (Å²) >= 11 is 0. The van der Waals surface area contributed by atoms with Crippen molar-refractivity contribution in [1.29, 1.82) is 0 Å². The second-order valence-electron chi connectivity index (χ2n) is 9.61. The van der Waals surface area contributed by atoms with E-state index < -0.39 is 0 Å². The van der Waals surface area contributed by atoms with E-state index in [0.29, 0.717) is 6.54 Å². The second-order valence-corrected chi connectivity index (χ2v) is 9.61. The Morgan fingerprint density at radius 1 is 0.968 bits per heavy atom. The molecule has 1 saturated heterocycles. The molecular weight excluding hydrogens is 384 g/mol. The number of benzene rings is 2. The minimum atomic E-state index is 0.0247. The molecular formula is C27H38N2O2. The van der Waals surface area contributed by atoms with E-state index in [2.05, 4.69) is 73.9 Å². The van der Waals surface area contributed by atoms with Crippen molar-refractivity contribution in [1.82, 2.24) is 9.80 Å². The summed E-state index contributed by atoms with van der Waals surface area (Å²) in [4.78, 5) is 17.4. The van der Waals surface area contributed by atoms with Gasteiger partial charge in [0.15, 0.2) is 0 Å². The highest BCUT2D eigenvalue weighted by Crippen LogP contribution is 2.33. The molecule has 3 rings (SSSR count). The van der Waals surface area contributed by atoms with Gasteiger partial charge in [0.05, 0.1) is 13.7 Å². The topological polar surface area (TPSA) is 32.8 Å². The van der Waals surface area contributed by atoms with E-state index in [1.165, 1.54) is 29.5 Å². The Balaban J connectivity index is 1.79. The van der Waals surface area contributed by atoms with Crippen LogP contribution in [0, 0.1) is 0 Å². The number of amides is 1. The average molecular weight is 423 g/mol. The molecule has 1 atom stereocenters. The predicted octanol–water partition coefficient (Wildman–Crippen LogP) is 5.57. The Morgan fingerprint density at radius 3 is 2.23 bits per heavy atom. The van der Waals surface area contributed by atoms with E-state index in [1.54, 1.807) is 7.11 Å². The summed E-state index contributed by atoms with van der Waals surface area (Å²) in [5, 5.41) is 0. The summed E-state index contributed by atoms with van der Waals surface area (Å²) in [6.07, 6.45) is 4.39. The van der Waals surface area contributed by atoms with E-state index in [4.69, 9.17) is 4.74 Å². The summed E-state index contributed by atoms with van der Waals surface area (Å²) in [7, 11) is 1.68. The van der Waals surface area contributed by atoms with Crippen molar-refractivity contribution in [3.8, 4) is 5.75 Å². The third-order valence-electron chi connectivity index (χ3n) is 6.22. The third kappa shape index (κ3) is 5.88. The fourth-order valence-electron chi connectivity index (χ4n) is 4.29. The Morgan fingerprint density at radius 2 is 1.65 bits per heavy atom. The maximum absolute atomic E-state index is 13.0. The molecule has 1 fully saturated rings. The van der Waals surface area contributed by atoms with Gasteiger partial charge >= 0.3 is 0 Å². The molecule has 0 saturated carbocycles. The van der Waals surface area contributed by atoms with Crippen LogP contribution in [-0.4, -0.2) is 42.5 Å². The molecule has 0 radical (unpaired) electrons. The first-order chi connectivity index (χ1) is 14.8. The Labute approximate surface area is 188 Å². The van der Waals surface area contributed by atoms with Crippen LogP contribution >= 0.6 is 0 Å². The summed E-state index contributed by atoms with van der Waals surface area (Å²) in [6.45, 7) is 11.1. The zero-order chi connectivity index (χ0) is 22.4. The highest BCUT2D eigenvalue weighted by Gasteiger charge is 2.38. The van der Waals surface area contributed by atoms with Gasteiger partial charge in [-0.2, -0.15) is 0 Å². The fraction of sp³-hybridized carbons (Fsp3) is 0.519. The lowest BCUT2D eigenvalue weighted by molar-refractivity contribution is -0.128. The normalized spacial score (nSPS) is 17.4. The monoisotopic (exact) mass is 422 g/mol.